The number of anilines is 1. The van der Waals surface area contributed by atoms with E-state index in [1.165, 1.54) is 6.42 Å². The molecule has 2 bridgehead atoms. The minimum atomic E-state index is -1.16. The molecule has 1 aromatic heterocycles. The van der Waals surface area contributed by atoms with Crippen molar-refractivity contribution in [2.45, 2.75) is 89.5 Å². The summed E-state index contributed by atoms with van der Waals surface area (Å²) >= 11 is 0. The van der Waals surface area contributed by atoms with Gasteiger partial charge in [-0.25, -0.2) is 0 Å². The van der Waals surface area contributed by atoms with Gasteiger partial charge in [-0.15, -0.1) is 0 Å². The molecule has 1 aliphatic carbocycles. The first-order valence-corrected chi connectivity index (χ1v) is 12.9. The average Bonchev–Trinajstić information content (AvgIpc) is 3.50. The van der Waals surface area contributed by atoms with Crippen molar-refractivity contribution in [2.24, 2.45) is 17.8 Å². The van der Waals surface area contributed by atoms with E-state index in [9.17, 15) is 14.4 Å². The Labute approximate surface area is 206 Å². The molecule has 9 heteroatoms. The van der Waals surface area contributed by atoms with E-state index in [1.54, 1.807) is 17.9 Å². The topological polar surface area (TPSA) is 114 Å². The summed E-state index contributed by atoms with van der Waals surface area (Å²) in [4.78, 5) is 42.9. The van der Waals surface area contributed by atoms with Crippen LogP contribution < -0.4 is 10.6 Å². The summed E-state index contributed by atoms with van der Waals surface area (Å²) in [5.74, 6) is -1.07. The number of amides is 3. The summed E-state index contributed by atoms with van der Waals surface area (Å²) < 4.78 is 11.6. The molecule has 0 aromatic carbocycles. The van der Waals surface area contributed by atoms with Gasteiger partial charge in [0.05, 0.1) is 17.4 Å². The number of fused-ring (bicyclic) bond motifs is 1. The normalized spacial score (nSPS) is 34.0. The number of carbonyl (C=O) groups excluding carboxylic acids is 3. The van der Waals surface area contributed by atoms with Crippen molar-refractivity contribution < 1.29 is 23.6 Å². The van der Waals surface area contributed by atoms with Crippen LogP contribution in [-0.2, 0) is 19.1 Å². The number of carbonyl (C=O) groups is 3. The van der Waals surface area contributed by atoms with Crippen molar-refractivity contribution >= 4 is 23.5 Å². The van der Waals surface area contributed by atoms with Crippen LogP contribution in [0.2, 0.25) is 0 Å². The second-order valence-electron chi connectivity index (χ2n) is 11.2. The zero-order chi connectivity index (χ0) is 25.0. The first-order valence-electron chi connectivity index (χ1n) is 12.9. The van der Waals surface area contributed by atoms with E-state index in [-0.39, 0.29) is 23.8 Å². The number of likely N-dealkylation sites (tertiary alicyclic amines) is 1. The van der Waals surface area contributed by atoms with E-state index in [2.05, 4.69) is 29.6 Å². The van der Waals surface area contributed by atoms with Crippen LogP contribution in [0.4, 0.5) is 5.82 Å². The van der Waals surface area contributed by atoms with Crippen molar-refractivity contribution in [3.05, 3.63) is 24.0 Å². The first-order chi connectivity index (χ1) is 16.6. The first kappa shape index (κ1) is 24.0. The Hall–Kier alpha value is -2.68. The highest BCUT2D eigenvalue weighted by molar-refractivity contribution is 6.03. The van der Waals surface area contributed by atoms with Crippen LogP contribution in [0.3, 0.4) is 0 Å². The lowest BCUT2D eigenvalue weighted by Gasteiger charge is -2.35. The zero-order valence-corrected chi connectivity index (χ0v) is 21.0. The van der Waals surface area contributed by atoms with Gasteiger partial charge in [0, 0.05) is 18.7 Å². The van der Waals surface area contributed by atoms with Gasteiger partial charge >= 0.3 is 0 Å². The smallest absolute Gasteiger partial charge is 0.246 e. The third-order valence-electron chi connectivity index (χ3n) is 8.11. The predicted molar refractivity (Wildman–Crippen MR) is 128 cm³/mol. The third-order valence-corrected chi connectivity index (χ3v) is 8.11. The molecular formula is C26H36N4O5. The molecule has 3 amide bonds. The van der Waals surface area contributed by atoms with Crippen LogP contribution in [-0.4, -0.2) is 57.6 Å². The van der Waals surface area contributed by atoms with Crippen molar-refractivity contribution in [1.82, 2.24) is 15.4 Å². The van der Waals surface area contributed by atoms with Gasteiger partial charge in [-0.1, -0.05) is 50.4 Å². The maximum absolute atomic E-state index is 13.9. The van der Waals surface area contributed by atoms with E-state index in [0.29, 0.717) is 24.0 Å². The molecule has 2 saturated heterocycles. The van der Waals surface area contributed by atoms with E-state index in [0.717, 1.165) is 32.1 Å². The molecular weight excluding hydrogens is 448 g/mol. The Morgan fingerprint density at radius 1 is 1.20 bits per heavy atom. The number of aromatic nitrogens is 1. The van der Waals surface area contributed by atoms with Crippen LogP contribution in [0.25, 0.3) is 0 Å². The highest BCUT2D eigenvalue weighted by Crippen LogP contribution is 2.59. The van der Waals surface area contributed by atoms with Crippen LogP contribution in [0.15, 0.2) is 22.7 Å². The Balaban J connectivity index is 1.46. The highest BCUT2D eigenvalue weighted by atomic mass is 16.5. The van der Waals surface area contributed by atoms with Gasteiger partial charge in [-0.3, -0.25) is 14.4 Å². The monoisotopic (exact) mass is 484 g/mol. The van der Waals surface area contributed by atoms with Gasteiger partial charge in [0.25, 0.3) is 0 Å². The molecule has 9 nitrogen and oxygen atoms in total. The molecule has 190 valence electrons. The van der Waals surface area contributed by atoms with Gasteiger partial charge in [0.15, 0.2) is 5.82 Å². The average molecular weight is 485 g/mol. The molecule has 1 spiro atoms. The van der Waals surface area contributed by atoms with Gasteiger partial charge in [-0.2, -0.15) is 0 Å². The Morgan fingerprint density at radius 3 is 2.60 bits per heavy atom. The molecule has 5 atom stereocenters. The largest absolute Gasteiger partial charge is 0.360 e. The van der Waals surface area contributed by atoms with Crippen molar-refractivity contribution in [3.63, 3.8) is 0 Å². The quantitative estimate of drug-likeness (QED) is 0.575. The summed E-state index contributed by atoms with van der Waals surface area (Å²) in [6, 6.07) is 0.943. The van der Waals surface area contributed by atoms with E-state index in [1.807, 2.05) is 19.1 Å². The van der Waals surface area contributed by atoms with Crippen molar-refractivity contribution in [3.8, 4) is 0 Å². The Kier molecular flexibility index (Phi) is 6.02. The van der Waals surface area contributed by atoms with Gasteiger partial charge in [0.2, 0.25) is 17.7 Å². The number of nitrogens with zero attached hydrogens (tertiary/aromatic N) is 2. The summed E-state index contributed by atoms with van der Waals surface area (Å²) in [6.07, 6.45) is 9.75. The zero-order valence-electron chi connectivity index (χ0n) is 21.0. The van der Waals surface area contributed by atoms with Gasteiger partial charge < -0.3 is 24.8 Å². The lowest BCUT2D eigenvalue weighted by molar-refractivity contribution is -0.144. The summed E-state index contributed by atoms with van der Waals surface area (Å²) in [5, 5.41) is 9.87. The molecule has 0 unspecified atom stereocenters. The molecule has 1 aromatic rings. The SMILES string of the molecule is Cc1cc(NC(=O)[C@@H]2[C@@H]3C(=O)N(CCC(C)C)[C@@H](C(=O)NC4CCCCC4)[C@@]34C=C[C@@]2(C)O4)no1. The number of aryl methyl sites for hydroxylation is 1. The second-order valence-corrected chi connectivity index (χ2v) is 11.2. The molecule has 3 aliphatic heterocycles. The van der Waals surface area contributed by atoms with E-state index >= 15 is 0 Å². The third kappa shape index (κ3) is 3.97. The maximum Gasteiger partial charge on any atom is 0.246 e. The minimum Gasteiger partial charge on any atom is -0.360 e. The molecule has 4 aliphatic rings. The highest BCUT2D eigenvalue weighted by Gasteiger charge is 2.76. The van der Waals surface area contributed by atoms with Crippen LogP contribution in [0.1, 0.15) is 65.1 Å². The number of hydrogen-bond acceptors (Lipinski definition) is 6. The molecule has 2 N–H and O–H groups in total. The minimum absolute atomic E-state index is 0.112. The summed E-state index contributed by atoms with van der Waals surface area (Å²) in [5.41, 5.74) is -2.15. The van der Waals surface area contributed by atoms with E-state index < -0.39 is 29.1 Å². The predicted octanol–water partition coefficient (Wildman–Crippen LogP) is 2.96. The van der Waals surface area contributed by atoms with Crippen LogP contribution in [0.5, 0.6) is 0 Å². The molecule has 4 heterocycles. The van der Waals surface area contributed by atoms with Gasteiger partial charge in [0.1, 0.15) is 17.4 Å². The maximum atomic E-state index is 13.9. The fourth-order valence-electron chi connectivity index (χ4n) is 6.42. The number of ether oxygens (including phenoxy) is 1. The van der Waals surface area contributed by atoms with Crippen LogP contribution >= 0.6 is 0 Å². The number of nitrogens with one attached hydrogen (secondary N) is 2. The molecule has 0 radical (unpaired) electrons. The Morgan fingerprint density at radius 2 is 1.94 bits per heavy atom. The van der Waals surface area contributed by atoms with Crippen LogP contribution in [0, 0.1) is 24.7 Å². The summed E-state index contributed by atoms with van der Waals surface area (Å²) in [6.45, 7) is 8.19. The van der Waals surface area contributed by atoms with Crippen molar-refractivity contribution in [2.75, 3.05) is 11.9 Å². The lowest BCUT2D eigenvalue weighted by atomic mass is 9.70. The molecule has 1 saturated carbocycles. The standard InChI is InChI=1S/C26H36N4O5/c1-15(2)10-13-30-21(23(32)27-17-8-6-5-7-9-17)26-12-11-25(4,35-26)19(20(26)24(30)33)22(31)28-18-14-16(3)34-29-18/h11-12,14-15,17,19-21H,5-10,13H2,1-4H3,(H,27,32)(H,28,29,31)/t19-,20+,21-,25+,26+/m0/s1. The molecule has 3 fully saturated rings. The van der Waals surface area contributed by atoms with E-state index in [4.69, 9.17) is 9.26 Å². The second kappa shape index (κ2) is 8.76. The molecule has 5 rings (SSSR count). The fourth-order valence-corrected chi connectivity index (χ4v) is 6.42. The number of hydrogen-bond donors (Lipinski definition) is 2. The lowest BCUT2D eigenvalue weighted by Crippen LogP contribution is -2.56. The summed E-state index contributed by atoms with van der Waals surface area (Å²) in [7, 11) is 0. The Bertz CT molecular complexity index is 1040. The molecule has 35 heavy (non-hydrogen) atoms. The number of rotatable bonds is 7. The van der Waals surface area contributed by atoms with Crippen molar-refractivity contribution in [1.29, 1.82) is 0 Å². The van der Waals surface area contributed by atoms with Gasteiger partial charge in [-0.05, 0) is 39.0 Å². The fraction of sp³-hybridized carbons (Fsp3) is 0.692.